The van der Waals surface area contributed by atoms with Crippen molar-refractivity contribution in [3.8, 4) is 5.75 Å². The van der Waals surface area contributed by atoms with Crippen molar-refractivity contribution < 1.29 is 27.8 Å². The zero-order valence-corrected chi connectivity index (χ0v) is 11.9. The molecule has 1 aromatic rings. The quantitative estimate of drug-likeness (QED) is 0.901. The number of halogens is 3. The van der Waals surface area contributed by atoms with Gasteiger partial charge < -0.3 is 20.1 Å². The van der Waals surface area contributed by atoms with Gasteiger partial charge in [0.25, 0.3) is 0 Å². The van der Waals surface area contributed by atoms with E-state index in [0.717, 1.165) is 12.1 Å². The van der Waals surface area contributed by atoms with Gasteiger partial charge in [-0.15, -0.1) is 0 Å². The van der Waals surface area contributed by atoms with Gasteiger partial charge in [0, 0.05) is 24.8 Å². The number of amides is 2. The molecule has 1 aliphatic rings. The topological polar surface area (TPSA) is 61.8 Å². The average Bonchev–Trinajstić information content (AvgIpc) is 2.44. The molecule has 2 atom stereocenters. The van der Waals surface area contributed by atoms with Crippen molar-refractivity contribution in [2.24, 2.45) is 5.92 Å². The number of hydrogen-bond acceptors (Lipinski definition) is 3. The van der Waals surface area contributed by atoms with E-state index < -0.39 is 30.3 Å². The second kappa shape index (κ2) is 6.87. The summed E-state index contributed by atoms with van der Waals surface area (Å²) < 4.78 is 41.6. The Morgan fingerprint density at radius 1 is 1.50 bits per heavy atom. The van der Waals surface area contributed by atoms with Gasteiger partial charge in [-0.05, 0) is 24.5 Å². The van der Waals surface area contributed by atoms with E-state index in [4.69, 9.17) is 0 Å². The van der Waals surface area contributed by atoms with Crippen LogP contribution >= 0.6 is 0 Å². The van der Waals surface area contributed by atoms with E-state index in [-0.39, 0.29) is 18.2 Å². The van der Waals surface area contributed by atoms with Gasteiger partial charge in [-0.1, -0.05) is 6.92 Å². The van der Waals surface area contributed by atoms with E-state index in [2.05, 4.69) is 10.1 Å². The van der Waals surface area contributed by atoms with E-state index in [9.17, 15) is 23.1 Å². The number of ether oxygens (including phenoxy) is 1. The zero-order chi connectivity index (χ0) is 16.3. The Bertz CT molecular complexity index is 542. The lowest BCUT2D eigenvalue weighted by Crippen LogP contribution is -2.47. The van der Waals surface area contributed by atoms with Gasteiger partial charge in [-0.25, -0.2) is 9.18 Å². The molecule has 2 N–H and O–H groups in total. The van der Waals surface area contributed by atoms with Crippen molar-refractivity contribution in [3.63, 3.8) is 0 Å². The van der Waals surface area contributed by atoms with Crippen molar-refractivity contribution in [2.45, 2.75) is 26.1 Å². The maximum Gasteiger partial charge on any atom is 0.387 e. The molecule has 1 saturated heterocycles. The van der Waals surface area contributed by atoms with Gasteiger partial charge in [0.15, 0.2) is 11.6 Å². The summed E-state index contributed by atoms with van der Waals surface area (Å²) >= 11 is 0. The van der Waals surface area contributed by atoms with Gasteiger partial charge in [-0.2, -0.15) is 8.78 Å². The third kappa shape index (κ3) is 4.03. The Morgan fingerprint density at radius 2 is 2.23 bits per heavy atom. The normalized spacial score (nSPS) is 21.8. The molecule has 2 rings (SSSR count). The number of anilines is 1. The van der Waals surface area contributed by atoms with Crippen molar-refractivity contribution in [1.82, 2.24) is 4.90 Å². The number of urea groups is 1. The maximum absolute atomic E-state index is 13.6. The number of aliphatic hydroxyl groups is 1. The van der Waals surface area contributed by atoms with E-state index in [1.165, 1.54) is 11.0 Å². The zero-order valence-electron chi connectivity index (χ0n) is 11.9. The van der Waals surface area contributed by atoms with Crippen LogP contribution < -0.4 is 10.1 Å². The lowest BCUT2D eigenvalue weighted by Gasteiger charge is -2.34. The Morgan fingerprint density at radius 3 is 2.82 bits per heavy atom. The summed E-state index contributed by atoms with van der Waals surface area (Å²) in [6.45, 7) is -0.537. The van der Waals surface area contributed by atoms with Gasteiger partial charge in [-0.3, -0.25) is 0 Å². The van der Waals surface area contributed by atoms with Crippen LogP contribution in [0.3, 0.4) is 0 Å². The minimum absolute atomic E-state index is 0.118. The number of β-amino-alcohol motifs (C(OH)–C–C–N with tert-alkyl or cyclic N) is 1. The van der Waals surface area contributed by atoms with E-state index in [0.29, 0.717) is 13.0 Å². The Kier molecular flexibility index (Phi) is 5.12. The number of carbonyl (C=O) groups is 1. The van der Waals surface area contributed by atoms with Crippen molar-refractivity contribution in [3.05, 3.63) is 24.0 Å². The Labute approximate surface area is 125 Å². The number of nitrogens with zero attached hydrogens (tertiary/aromatic N) is 1. The number of hydrogen-bond donors (Lipinski definition) is 2. The summed E-state index contributed by atoms with van der Waals surface area (Å²) in [5.41, 5.74) is 0.122. The first-order valence-corrected chi connectivity index (χ1v) is 6.85. The standard InChI is InChI=1S/C14H17F3N2O3/c1-8-4-5-19(7-11(8)20)14(21)18-9-2-3-12(10(15)6-9)22-13(16)17/h2-3,6,8,11,13,20H,4-5,7H2,1H3,(H,18,21). The third-order valence-electron chi connectivity index (χ3n) is 3.61. The summed E-state index contributed by atoms with van der Waals surface area (Å²) in [6, 6.07) is 2.71. The molecule has 0 spiro atoms. The van der Waals surface area contributed by atoms with Gasteiger partial charge in [0.1, 0.15) is 0 Å². The smallest absolute Gasteiger partial charge is 0.387 e. The molecule has 22 heavy (non-hydrogen) atoms. The third-order valence-corrected chi connectivity index (χ3v) is 3.61. The second-order valence-electron chi connectivity index (χ2n) is 5.23. The van der Waals surface area contributed by atoms with Gasteiger partial charge >= 0.3 is 12.6 Å². The highest BCUT2D eigenvalue weighted by Crippen LogP contribution is 2.23. The molecule has 1 fully saturated rings. The fourth-order valence-corrected chi connectivity index (χ4v) is 2.21. The number of alkyl halides is 2. The molecular formula is C14H17F3N2O3. The molecule has 0 aromatic heterocycles. The highest BCUT2D eigenvalue weighted by molar-refractivity contribution is 5.89. The van der Waals surface area contributed by atoms with Gasteiger partial charge in [0.2, 0.25) is 0 Å². The Balaban J connectivity index is 1.98. The molecule has 0 aliphatic carbocycles. The van der Waals surface area contributed by atoms with Crippen LogP contribution in [0.4, 0.5) is 23.7 Å². The highest BCUT2D eigenvalue weighted by atomic mass is 19.3. The molecule has 8 heteroatoms. The molecule has 1 heterocycles. The number of carbonyl (C=O) groups excluding carboxylic acids is 1. The van der Waals surface area contributed by atoms with Crippen molar-refractivity contribution >= 4 is 11.7 Å². The first-order valence-electron chi connectivity index (χ1n) is 6.85. The number of benzene rings is 1. The second-order valence-corrected chi connectivity index (χ2v) is 5.23. The summed E-state index contributed by atoms with van der Waals surface area (Å²) in [4.78, 5) is 13.4. The van der Waals surface area contributed by atoms with E-state index in [1.807, 2.05) is 6.92 Å². The first kappa shape index (κ1) is 16.4. The molecule has 0 saturated carbocycles. The number of piperidine rings is 1. The molecule has 1 aliphatic heterocycles. The summed E-state index contributed by atoms with van der Waals surface area (Å²) in [5, 5.41) is 12.2. The first-order chi connectivity index (χ1) is 10.4. The number of nitrogens with one attached hydrogen (secondary N) is 1. The average molecular weight is 318 g/mol. The van der Waals surface area contributed by atoms with Crippen LogP contribution in [0.15, 0.2) is 18.2 Å². The SMILES string of the molecule is CC1CCN(C(=O)Nc2ccc(OC(F)F)c(F)c2)CC1O. The predicted octanol–water partition coefficient (Wildman–Crippen LogP) is 2.66. The van der Waals surface area contributed by atoms with E-state index >= 15 is 0 Å². The van der Waals surface area contributed by atoms with Crippen molar-refractivity contribution in [1.29, 1.82) is 0 Å². The lowest BCUT2D eigenvalue weighted by atomic mass is 9.96. The molecule has 1 aromatic carbocycles. The monoisotopic (exact) mass is 318 g/mol. The van der Waals surface area contributed by atoms with Gasteiger partial charge in [0.05, 0.1) is 6.10 Å². The lowest BCUT2D eigenvalue weighted by molar-refractivity contribution is -0.0521. The predicted molar refractivity (Wildman–Crippen MR) is 73.4 cm³/mol. The molecule has 2 amide bonds. The van der Waals surface area contributed by atoms with Crippen LogP contribution in [-0.2, 0) is 0 Å². The molecule has 0 radical (unpaired) electrons. The molecule has 2 unspecified atom stereocenters. The Hall–Kier alpha value is -1.96. The van der Waals surface area contributed by atoms with Crippen molar-refractivity contribution in [2.75, 3.05) is 18.4 Å². The summed E-state index contributed by atoms with van der Waals surface area (Å²) in [6.07, 6.45) is 0.0717. The van der Waals surface area contributed by atoms with Crippen LogP contribution in [0.25, 0.3) is 0 Å². The summed E-state index contributed by atoms with van der Waals surface area (Å²) in [7, 11) is 0. The maximum atomic E-state index is 13.6. The molecule has 122 valence electrons. The fraction of sp³-hybridized carbons (Fsp3) is 0.500. The number of likely N-dealkylation sites (tertiary alicyclic amines) is 1. The minimum atomic E-state index is -3.12. The summed E-state index contributed by atoms with van der Waals surface area (Å²) in [5.74, 6) is -1.46. The number of aliphatic hydroxyl groups excluding tert-OH is 1. The highest BCUT2D eigenvalue weighted by Gasteiger charge is 2.27. The van der Waals surface area contributed by atoms with Crippen LogP contribution in [0.2, 0.25) is 0 Å². The van der Waals surface area contributed by atoms with Crippen LogP contribution in [-0.4, -0.2) is 41.8 Å². The fourth-order valence-electron chi connectivity index (χ4n) is 2.21. The van der Waals surface area contributed by atoms with Crippen LogP contribution in [0.5, 0.6) is 5.75 Å². The van der Waals surface area contributed by atoms with Crippen LogP contribution in [0.1, 0.15) is 13.3 Å². The minimum Gasteiger partial charge on any atom is -0.432 e. The van der Waals surface area contributed by atoms with Crippen LogP contribution in [0, 0.1) is 11.7 Å². The molecular weight excluding hydrogens is 301 g/mol. The molecule has 5 nitrogen and oxygen atoms in total. The number of rotatable bonds is 3. The van der Waals surface area contributed by atoms with E-state index in [1.54, 1.807) is 0 Å². The largest absolute Gasteiger partial charge is 0.432 e. The molecule has 0 bridgehead atoms.